The Morgan fingerprint density at radius 2 is 1.96 bits per heavy atom. The van der Waals surface area contributed by atoms with Crippen LogP contribution in [0.1, 0.15) is 31.6 Å². The molecule has 0 amide bonds. The molecule has 0 fully saturated rings. The van der Waals surface area contributed by atoms with Gasteiger partial charge in [-0.05, 0) is 75.0 Å². The number of benzene rings is 1. The highest BCUT2D eigenvalue weighted by atomic mass is 35.5. The molecule has 1 N–H and O–H groups in total. The van der Waals surface area contributed by atoms with Gasteiger partial charge in [-0.3, -0.25) is 0 Å². The highest BCUT2D eigenvalue weighted by Gasteiger charge is 2.14. The maximum atomic E-state index is 6.13. The van der Waals surface area contributed by atoms with Crippen LogP contribution in [0.15, 0.2) is 41.0 Å². The van der Waals surface area contributed by atoms with E-state index in [1.54, 1.807) is 6.26 Å². The molecule has 0 bridgehead atoms. The number of furan rings is 1. The van der Waals surface area contributed by atoms with E-state index in [2.05, 4.69) is 29.0 Å². The number of halogens is 1. The number of thiocarbonyl (C=S) groups is 1. The van der Waals surface area contributed by atoms with Crippen LogP contribution in [-0.2, 0) is 6.54 Å². The second-order valence-electron chi connectivity index (χ2n) is 6.27. The molecule has 26 heavy (non-hydrogen) atoms. The fourth-order valence-electron chi connectivity index (χ4n) is 2.79. The monoisotopic (exact) mass is 393 g/mol. The van der Waals surface area contributed by atoms with E-state index in [-0.39, 0.29) is 0 Å². The molecule has 0 saturated carbocycles. The third kappa shape index (κ3) is 6.31. The van der Waals surface area contributed by atoms with Crippen molar-refractivity contribution in [2.24, 2.45) is 0 Å². The summed E-state index contributed by atoms with van der Waals surface area (Å²) < 4.78 is 5.52. The normalized spacial score (nSPS) is 11.0. The first-order chi connectivity index (χ1) is 12.5. The van der Waals surface area contributed by atoms with Crippen LogP contribution in [0.25, 0.3) is 0 Å². The summed E-state index contributed by atoms with van der Waals surface area (Å²) >= 11 is 11.8. The smallest absolute Gasteiger partial charge is 0.173 e. The first-order valence-corrected chi connectivity index (χ1v) is 9.89. The van der Waals surface area contributed by atoms with Gasteiger partial charge in [0.05, 0.1) is 12.8 Å². The zero-order valence-electron chi connectivity index (χ0n) is 15.8. The van der Waals surface area contributed by atoms with Crippen LogP contribution >= 0.6 is 23.8 Å². The lowest BCUT2D eigenvalue weighted by molar-refractivity contribution is 0.276. The van der Waals surface area contributed by atoms with E-state index in [0.717, 1.165) is 49.6 Å². The molecule has 0 unspecified atom stereocenters. The lowest BCUT2D eigenvalue weighted by Gasteiger charge is -2.27. The van der Waals surface area contributed by atoms with Gasteiger partial charge in [0, 0.05) is 17.3 Å². The molecule has 6 heteroatoms. The fourth-order valence-corrected chi connectivity index (χ4v) is 3.23. The van der Waals surface area contributed by atoms with Crippen molar-refractivity contribution in [3.63, 3.8) is 0 Å². The summed E-state index contributed by atoms with van der Waals surface area (Å²) in [5.41, 5.74) is 2.05. The molecule has 0 aliphatic heterocycles. The average Bonchev–Trinajstić information content (AvgIpc) is 3.14. The third-order valence-corrected chi connectivity index (χ3v) is 5.05. The van der Waals surface area contributed by atoms with E-state index in [1.165, 1.54) is 0 Å². The van der Waals surface area contributed by atoms with E-state index in [4.69, 9.17) is 28.2 Å². The molecular weight excluding hydrogens is 366 g/mol. The molecule has 4 nitrogen and oxygen atoms in total. The van der Waals surface area contributed by atoms with Crippen molar-refractivity contribution < 1.29 is 4.42 Å². The summed E-state index contributed by atoms with van der Waals surface area (Å²) in [6.45, 7) is 11.1. The van der Waals surface area contributed by atoms with Crippen LogP contribution in [-0.4, -0.2) is 41.1 Å². The van der Waals surface area contributed by atoms with Crippen LogP contribution in [0, 0.1) is 6.92 Å². The molecule has 0 radical (unpaired) electrons. The minimum atomic E-state index is 0.650. The predicted molar refractivity (Wildman–Crippen MR) is 114 cm³/mol. The topological polar surface area (TPSA) is 31.6 Å². The standard InChI is InChI=1S/C20H28ClN3OS/c1-4-23(5-2)11-7-12-24(15-18-8-6-13-25-18)20(26)22-19-14-17(21)10-9-16(19)3/h6,8-10,13-14H,4-5,7,11-12,15H2,1-3H3,(H,22,26). The zero-order valence-corrected chi connectivity index (χ0v) is 17.4. The minimum absolute atomic E-state index is 0.650. The minimum Gasteiger partial charge on any atom is -0.467 e. The summed E-state index contributed by atoms with van der Waals surface area (Å²) in [4.78, 5) is 4.57. The third-order valence-electron chi connectivity index (χ3n) is 4.45. The maximum Gasteiger partial charge on any atom is 0.173 e. The number of anilines is 1. The Morgan fingerprint density at radius 1 is 1.19 bits per heavy atom. The van der Waals surface area contributed by atoms with Crippen molar-refractivity contribution in [3.05, 3.63) is 52.9 Å². The van der Waals surface area contributed by atoms with Gasteiger partial charge in [0.2, 0.25) is 0 Å². The van der Waals surface area contributed by atoms with Gasteiger partial charge in [-0.1, -0.05) is 31.5 Å². The van der Waals surface area contributed by atoms with Crippen molar-refractivity contribution >= 4 is 34.6 Å². The highest BCUT2D eigenvalue weighted by molar-refractivity contribution is 7.80. The van der Waals surface area contributed by atoms with Gasteiger partial charge in [-0.2, -0.15) is 0 Å². The molecule has 2 rings (SSSR count). The summed E-state index contributed by atoms with van der Waals surface area (Å²) in [5, 5.41) is 4.73. The Hall–Kier alpha value is -1.56. The highest BCUT2D eigenvalue weighted by Crippen LogP contribution is 2.21. The predicted octanol–water partition coefficient (Wildman–Crippen LogP) is 5.17. The van der Waals surface area contributed by atoms with E-state index in [0.29, 0.717) is 16.7 Å². The Balaban J connectivity index is 2.03. The van der Waals surface area contributed by atoms with Gasteiger partial charge in [-0.25, -0.2) is 0 Å². The van der Waals surface area contributed by atoms with Gasteiger partial charge >= 0.3 is 0 Å². The van der Waals surface area contributed by atoms with E-state index < -0.39 is 0 Å². The van der Waals surface area contributed by atoms with Crippen LogP contribution in [0.2, 0.25) is 5.02 Å². The van der Waals surface area contributed by atoms with Gasteiger partial charge < -0.3 is 19.5 Å². The van der Waals surface area contributed by atoms with Gasteiger partial charge in [0.25, 0.3) is 0 Å². The molecule has 0 saturated heterocycles. The first-order valence-electron chi connectivity index (χ1n) is 9.10. The van der Waals surface area contributed by atoms with Gasteiger partial charge in [0.1, 0.15) is 5.76 Å². The molecular formula is C20H28ClN3OS. The van der Waals surface area contributed by atoms with Gasteiger partial charge in [-0.15, -0.1) is 0 Å². The number of hydrogen-bond donors (Lipinski definition) is 1. The Labute approximate surface area is 167 Å². The Kier molecular flexibility index (Phi) is 8.42. The fraction of sp³-hybridized carbons (Fsp3) is 0.450. The lowest BCUT2D eigenvalue weighted by Crippen LogP contribution is -2.36. The SMILES string of the molecule is CCN(CC)CCCN(Cc1ccco1)C(=S)Nc1cc(Cl)ccc1C. The van der Waals surface area contributed by atoms with E-state index in [9.17, 15) is 0 Å². The second kappa shape index (κ2) is 10.6. The molecule has 0 aliphatic rings. The number of nitrogens with one attached hydrogen (secondary N) is 1. The van der Waals surface area contributed by atoms with Crippen molar-refractivity contribution in [1.29, 1.82) is 0 Å². The molecule has 2 aromatic rings. The van der Waals surface area contributed by atoms with Crippen molar-refractivity contribution in [2.45, 2.75) is 33.7 Å². The molecule has 1 heterocycles. The van der Waals surface area contributed by atoms with Crippen molar-refractivity contribution in [3.8, 4) is 0 Å². The largest absolute Gasteiger partial charge is 0.467 e. The molecule has 142 valence electrons. The maximum absolute atomic E-state index is 6.13. The van der Waals surface area contributed by atoms with Crippen LogP contribution < -0.4 is 5.32 Å². The molecule has 1 aromatic heterocycles. The van der Waals surface area contributed by atoms with E-state index in [1.807, 2.05) is 37.3 Å². The van der Waals surface area contributed by atoms with Gasteiger partial charge in [0.15, 0.2) is 5.11 Å². The number of rotatable bonds is 9. The number of hydrogen-bond acceptors (Lipinski definition) is 3. The summed E-state index contributed by atoms with van der Waals surface area (Å²) in [5.74, 6) is 0.903. The lowest BCUT2D eigenvalue weighted by atomic mass is 10.2. The first kappa shape index (κ1) is 20.7. The molecule has 0 aliphatic carbocycles. The number of nitrogens with zero attached hydrogens (tertiary/aromatic N) is 2. The van der Waals surface area contributed by atoms with Crippen molar-refractivity contribution in [1.82, 2.24) is 9.80 Å². The summed E-state index contributed by atoms with van der Waals surface area (Å²) in [6.07, 6.45) is 2.74. The second-order valence-corrected chi connectivity index (χ2v) is 7.09. The van der Waals surface area contributed by atoms with Crippen LogP contribution in [0.4, 0.5) is 5.69 Å². The average molecular weight is 394 g/mol. The Morgan fingerprint density at radius 3 is 2.62 bits per heavy atom. The summed E-state index contributed by atoms with van der Waals surface area (Å²) in [6, 6.07) is 9.66. The van der Waals surface area contributed by atoms with Crippen LogP contribution in [0.3, 0.4) is 0 Å². The van der Waals surface area contributed by atoms with E-state index >= 15 is 0 Å². The van der Waals surface area contributed by atoms with Crippen LogP contribution in [0.5, 0.6) is 0 Å². The number of aryl methyl sites for hydroxylation is 1. The molecule has 1 aromatic carbocycles. The molecule has 0 spiro atoms. The quantitative estimate of drug-likeness (QED) is 0.594. The molecule has 0 atom stereocenters. The summed E-state index contributed by atoms with van der Waals surface area (Å²) in [7, 11) is 0. The van der Waals surface area contributed by atoms with Crippen molar-refractivity contribution in [2.75, 3.05) is 31.5 Å². The zero-order chi connectivity index (χ0) is 18.9. The Bertz CT molecular complexity index is 686.